The van der Waals surface area contributed by atoms with Crippen molar-refractivity contribution in [3.05, 3.63) is 41.5 Å². The van der Waals surface area contributed by atoms with Crippen LogP contribution in [-0.4, -0.2) is 57.2 Å². The number of benzene rings is 1. The third-order valence-corrected chi connectivity index (χ3v) is 5.63. The number of fused-ring (bicyclic) bond motifs is 1. The first kappa shape index (κ1) is 18.0. The predicted octanol–water partition coefficient (Wildman–Crippen LogP) is 2.03. The highest BCUT2D eigenvalue weighted by Crippen LogP contribution is 2.28. The first-order valence-corrected chi connectivity index (χ1v) is 9.67. The van der Waals surface area contributed by atoms with Gasteiger partial charge in [-0.1, -0.05) is 12.1 Å². The molecule has 0 bridgehead atoms. The molecule has 2 aliphatic heterocycles. The van der Waals surface area contributed by atoms with Crippen LogP contribution >= 0.6 is 0 Å². The van der Waals surface area contributed by atoms with Gasteiger partial charge in [0, 0.05) is 45.6 Å². The maximum absolute atomic E-state index is 11.7. The molecule has 7 nitrogen and oxygen atoms in total. The van der Waals surface area contributed by atoms with Crippen LogP contribution < -0.4 is 4.74 Å². The predicted molar refractivity (Wildman–Crippen MR) is 101 cm³/mol. The Kier molecular flexibility index (Phi) is 5.11. The smallest absolute Gasteiger partial charge is 0.219 e. The maximum atomic E-state index is 11.7. The third-order valence-electron chi connectivity index (χ3n) is 5.63. The van der Waals surface area contributed by atoms with Gasteiger partial charge in [0.05, 0.1) is 13.7 Å². The van der Waals surface area contributed by atoms with E-state index in [0.717, 1.165) is 69.5 Å². The monoisotopic (exact) mass is 369 g/mol. The molecule has 27 heavy (non-hydrogen) atoms. The summed E-state index contributed by atoms with van der Waals surface area (Å²) in [6.45, 7) is 6.82. The first-order valence-electron chi connectivity index (χ1n) is 9.67. The summed E-state index contributed by atoms with van der Waals surface area (Å²) in [7, 11) is 1.70. The minimum atomic E-state index is 0.155. The van der Waals surface area contributed by atoms with Crippen molar-refractivity contribution in [3.63, 3.8) is 0 Å². The number of hydrogen-bond acceptors (Lipinski definition) is 5. The largest absolute Gasteiger partial charge is 0.497 e. The van der Waals surface area contributed by atoms with Gasteiger partial charge in [-0.3, -0.25) is 9.69 Å². The Morgan fingerprint density at radius 2 is 2.15 bits per heavy atom. The Hall–Kier alpha value is -2.41. The molecule has 0 aliphatic carbocycles. The lowest BCUT2D eigenvalue weighted by Gasteiger charge is -2.33. The molecule has 0 radical (unpaired) electrons. The highest BCUT2D eigenvalue weighted by molar-refractivity contribution is 5.73. The third kappa shape index (κ3) is 3.83. The summed E-state index contributed by atoms with van der Waals surface area (Å²) in [5, 5.41) is 8.98. The second-order valence-electron chi connectivity index (χ2n) is 7.49. The molecule has 1 aromatic carbocycles. The normalized spacial score (nSPS) is 20.4. The average molecular weight is 369 g/mol. The van der Waals surface area contributed by atoms with E-state index in [1.54, 1.807) is 14.0 Å². The van der Waals surface area contributed by atoms with Crippen LogP contribution in [0, 0.1) is 0 Å². The van der Waals surface area contributed by atoms with Crippen LogP contribution in [0.4, 0.5) is 0 Å². The summed E-state index contributed by atoms with van der Waals surface area (Å²) >= 11 is 0. The summed E-state index contributed by atoms with van der Waals surface area (Å²) in [6, 6.07) is 8.22. The van der Waals surface area contributed by atoms with Crippen molar-refractivity contribution in [2.45, 2.75) is 45.3 Å². The SMILES string of the molecule is COc1cccc(CN2CCn3c(nnc3C3CCCN(C(C)=O)C3)C2)c1. The van der Waals surface area contributed by atoms with Crippen molar-refractivity contribution >= 4 is 5.91 Å². The molecule has 1 atom stereocenters. The van der Waals surface area contributed by atoms with Gasteiger partial charge < -0.3 is 14.2 Å². The highest BCUT2D eigenvalue weighted by atomic mass is 16.5. The summed E-state index contributed by atoms with van der Waals surface area (Å²) in [4.78, 5) is 16.1. The van der Waals surface area contributed by atoms with Crippen LogP contribution in [-0.2, 0) is 24.4 Å². The fourth-order valence-corrected chi connectivity index (χ4v) is 4.17. The minimum Gasteiger partial charge on any atom is -0.497 e. The van der Waals surface area contributed by atoms with Crippen LogP contribution in [0.25, 0.3) is 0 Å². The molecule has 0 N–H and O–H groups in total. The van der Waals surface area contributed by atoms with Crippen LogP contribution in [0.1, 0.15) is 42.9 Å². The molecule has 1 saturated heterocycles. The summed E-state index contributed by atoms with van der Waals surface area (Å²) < 4.78 is 7.60. The van der Waals surface area contributed by atoms with E-state index in [1.165, 1.54) is 5.56 Å². The van der Waals surface area contributed by atoms with Gasteiger partial charge >= 0.3 is 0 Å². The zero-order valence-electron chi connectivity index (χ0n) is 16.1. The van der Waals surface area contributed by atoms with Gasteiger partial charge in [-0.15, -0.1) is 10.2 Å². The van der Waals surface area contributed by atoms with Crippen molar-refractivity contribution in [2.75, 3.05) is 26.7 Å². The van der Waals surface area contributed by atoms with Gasteiger partial charge in [0.1, 0.15) is 17.4 Å². The molecule has 0 saturated carbocycles. The minimum absolute atomic E-state index is 0.155. The van der Waals surface area contributed by atoms with E-state index in [1.807, 2.05) is 17.0 Å². The van der Waals surface area contributed by atoms with E-state index in [2.05, 4.69) is 31.8 Å². The fourth-order valence-electron chi connectivity index (χ4n) is 4.17. The number of aromatic nitrogens is 3. The molecule has 1 unspecified atom stereocenters. The summed E-state index contributed by atoms with van der Waals surface area (Å²) in [5.41, 5.74) is 1.24. The topological polar surface area (TPSA) is 63.5 Å². The van der Waals surface area contributed by atoms with Gasteiger partial charge in [-0.2, -0.15) is 0 Å². The van der Waals surface area contributed by atoms with E-state index < -0.39 is 0 Å². The number of hydrogen-bond donors (Lipinski definition) is 0. The summed E-state index contributed by atoms with van der Waals surface area (Å²) in [6.07, 6.45) is 2.11. The number of amides is 1. The molecule has 2 aromatic rings. The van der Waals surface area contributed by atoms with E-state index in [9.17, 15) is 4.79 Å². The van der Waals surface area contributed by atoms with Gasteiger partial charge in [-0.05, 0) is 30.5 Å². The van der Waals surface area contributed by atoms with Crippen molar-refractivity contribution in [3.8, 4) is 5.75 Å². The zero-order valence-corrected chi connectivity index (χ0v) is 16.1. The number of rotatable bonds is 4. The molecular formula is C20H27N5O2. The highest BCUT2D eigenvalue weighted by Gasteiger charge is 2.29. The fraction of sp³-hybridized carbons (Fsp3) is 0.550. The standard InChI is InChI=1S/C20H27N5O2/c1-15(26)24-8-4-6-17(13-24)20-22-21-19-14-23(9-10-25(19)20)12-16-5-3-7-18(11-16)27-2/h3,5,7,11,17H,4,6,8-10,12-14H2,1-2H3. The van der Waals surface area contributed by atoms with Crippen molar-refractivity contribution in [1.82, 2.24) is 24.6 Å². The Labute approximate surface area is 159 Å². The number of piperidine rings is 1. The second kappa shape index (κ2) is 7.68. The molecule has 4 rings (SSSR count). The lowest BCUT2D eigenvalue weighted by Crippen LogP contribution is -2.39. The number of nitrogens with zero attached hydrogens (tertiary/aromatic N) is 5. The number of methoxy groups -OCH3 is 1. The Morgan fingerprint density at radius 1 is 1.26 bits per heavy atom. The van der Waals surface area contributed by atoms with E-state index >= 15 is 0 Å². The molecule has 2 aliphatic rings. The molecule has 1 amide bonds. The maximum Gasteiger partial charge on any atom is 0.219 e. The first-order chi connectivity index (χ1) is 13.1. The number of carbonyl (C=O) groups is 1. The van der Waals surface area contributed by atoms with Gasteiger partial charge in [-0.25, -0.2) is 0 Å². The molecule has 1 aromatic heterocycles. The zero-order chi connectivity index (χ0) is 18.8. The molecule has 7 heteroatoms. The number of likely N-dealkylation sites (tertiary alicyclic amines) is 1. The van der Waals surface area contributed by atoms with Crippen LogP contribution in [0.3, 0.4) is 0 Å². The second-order valence-corrected chi connectivity index (χ2v) is 7.49. The van der Waals surface area contributed by atoms with Crippen molar-refractivity contribution in [2.24, 2.45) is 0 Å². The molecule has 144 valence electrons. The Bertz CT molecular complexity index is 818. The van der Waals surface area contributed by atoms with Crippen LogP contribution in [0.2, 0.25) is 0 Å². The van der Waals surface area contributed by atoms with E-state index in [-0.39, 0.29) is 5.91 Å². The Morgan fingerprint density at radius 3 is 2.96 bits per heavy atom. The lowest BCUT2D eigenvalue weighted by molar-refractivity contribution is -0.130. The molecule has 3 heterocycles. The quantitative estimate of drug-likeness (QED) is 0.825. The van der Waals surface area contributed by atoms with E-state index in [0.29, 0.717) is 5.92 Å². The molecule has 0 spiro atoms. The van der Waals surface area contributed by atoms with Crippen LogP contribution in [0.15, 0.2) is 24.3 Å². The lowest BCUT2D eigenvalue weighted by atomic mass is 9.97. The van der Waals surface area contributed by atoms with Gasteiger partial charge in [0.2, 0.25) is 5.91 Å². The Balaban J connectivity index is 1.45. The van der Waals surface area contributed by atoms with Gasteiger partial charge in [0.15, 0.2) is 0 Å². The van der Waals surface area contributed by atoms with Crippen molar-refractivity contribution < 1.29 is 9.53 Å². The van der Waals surface area contributed by atoms with Gasteiger partial charge in [0.25, 0.3) is 0 Å². The van der Waals surface area contributed by atoms with Crippen molar-refractivity contribution in [1.29, 1.82) is 0 Å². The average Bonchev–Trinajstić information content (AvgIpc) is 3.11. The molecular weight excluding hydrogens is 342 g/mol. The van der Waals surface area contributed by atoms with E-state index in [4.69, 9.17) is 4.74 Å². The summed E-state index contributed by atoms with van der Waals surface area (Å²) in [5.74, 6) is 3.43. The number of carbonyl (C=O) groups excluding carboxylic acids is 1. The molecule has 1 fully saturated rings. The number of ether oxygens (including phenoxy) is 1. The van der Waals surface area contributed by atoms with Crippen LogP contribution in [0.5, 0.6) is 5.75 Å².